The van der Waals surface area contributed by atoms with Crippen molar-refractivity contribution in [3.05, 3.63) is 48.3 Å². The first-order valence-electron chi connectivity index (χ1n) is 8.97. The van der Waals surface area contributed by atoms with E-state index in [1.165, 1.54) is 38.0 Å². The number of rotatable bonds is 6. The summed E-state index contributed by atoms with van der Waals surface area (Å²) in [5.41, 5.74) is 2.46. The summed E-state index contributed by atoms with van der Waals surface area (Å²) in [5, 5.41) is 8.12. The molecule has 0 saturated carbocycles. The van der Waals surface area contributed by atoms with Crippen molar-refractivity contribution < 1.29 is 14.0 Å². The quantitative estimate of drug-likeness (QED) is 0.728. The molecule has 1 heterocycles. The minimum Gasteiger partial charge on any atom is -0.374 e. The van der Waals surface area contributed by atoms with Gasteiger partial charge in [-0.15, -0.1) is 0 Å². The maximum absolute atomic E-state index is 13.9. The van der Waals surface area contributed by atoms with Crippen LogP contribution in [0.1, 0.15) is 19.8 Å². The molecule has 0 aromatic heterocycles. The number of halogens is 1. The van der Waals surface area contributed by atoms with Crippen LogP contribution < -0.4 is 20.9 Å². The molecule has 2 amide bonds. The van der Waals surface area contributed by atoms with Crippen LogP contribution in [0.5, 0.6) is 0 Å². The van der Waals surface area contributed by atoms with E-state index in [-0.39, 0.29) is 24.0 Å². The second-order valence-corrected chi connectivity index (χ2v) is 6.52. The maximum atomic E-state index is 13.9. The van der Waals surface area contributed by atoms with Crippen LogP contribution in [0.3, 0.4) is 0 Å². The van der Waals surface area contributed by atoms with Crippen molar-refractivity contribution in [2.45, 2.75) is 19.8 Å². The van der Waals surface area contributed by atoms with Crippen molar-refractivity contribution in [3.63, 3.8) is 0 Å². The molecule has 7 heteroatoms. The third kappa shape index (κ3) is 5.20. The highest BCUT2D eigenvalue weighted by Gasteiger charge is 2.12. The van der Waals surface area contributed by atoms with Gasteiger partial charge in [0.1, 0.15) is 5.82 Å². The van der Waals surface area contributed by atoms with Gasteiger partial charge in [0.2, 0.25) is 11.8 Å². The van der Waals surface area contributed by atoms with E-state index in [1.807, 2.05) is 24.3 Å². The zero-order chi connectivity index (χ0) is 19.2. The molecule has 3 rings (SSSR count). The largest absolute Gasteiger partial charge is 0.374 e. The highest BCUT2D eigenvalue weighted by Crippen LogP contribution is 2.22. The normalized spacial score (nSPS) is 13.3. The average molecular weight is 370 g/mol. The van der Waals surface area contributed by atoms with Crippen molar-refractivity contribution in [2.24, 2.45) is 0 Å². The number of hydrogen-bond donors (Lipinski definition) is 3. The number of benzene rings is 2. The molecule has 0 bridgehead atoms. The average Bonchev–Trinajstić information content (AvgIpc) is 3.17. The Labute approximate surface area is 157 Å². The summed E-state index contributed by atoms with van der Waals surface area (Å²) >= 11 is 0. The van der Waals surface area contributed by atoms with Crippen molar-refractivity contribution >= 4 is 34.6 Å². The Morgan fingerprint density at radius 3 is 2.33 bits per heavy atom. The van der Waals surface area contributed by atoms with Gasteiger partial charge in [-0.3, -0.25) is 9.59 Å². The zero-order valence-electron chi connectivity index (χ0n) is 15.2. The molecule has 0 aliphatic carbocycles. The summed E-state index contributed by atoms with van der Waals surface area (Å²) in [7, 11) is 0. The Balaban J connectivity index is 1.54. The van der Waals surface area contributed by atoms with E-state index >= 15 is 0 Å². The number of carbonyl (C=O) groups is 2. The summed E-state index contributed by atoms with van der Waals surface area (Å²) in [6.45, 7) is 3.42. The standard InChI is InChI=1S/C20H23FN4O2/c1-14(26)23-16-6-9-18(21)19(12-16)22-13-20(27)24-15-4-7-17(8-5-15)25-10-2-3-11-25/h4-9,12,22H,2-3,10-11,13H2,1H3,(H,23,26)(H,24,27). The van der Waals surface area contributed by atoms with Crippen molar-refractivity contribution in [1.29, 1.82) is 0 Å². The predicted molar refractivity (Wildman–Crippen MR) is 106 cm³/mol. The molecule has 1 aliphatic heterocycles. The molecule has 3 N–H and O–H groups in total. The van der Waals surface area contributed by atoms with E-state index in [1.54, 1.807) is 0 Å². The first-order chi connectivity index (χ1) is 13.0. The Bertz CT molecular complexity index is 817. The highest BCUT2D eigenvalue weighted by molar-refractivity contribution is 5.94. The summed E-state index contributed by atoms with van der Waals surface area (Å²) in [6, 6.07) is 11.9. The molecule has 142 valence electrons. The van der Waals surface area contributed by atoms with Gasteiger partial charge in [-0.05, 0) is 55.3 Å². The van der Waals surface area contributed by atoms with Crippen LogP contribution in [0.2, 0.25) is 0 Å². The van der Waals surface area contributed by atoms with Crippen LogP contribution in [0.25, 0.3) is 0 Å². The molecule has 0 atom stereocenters. The van der Waals surface area contributed by atoms with Gasteiger partial charge in [0.15, 0.2) is 0 Å². The molecule has 27 heavy (non-hydrogen) atoms. The van der Waals surface area contributed by atoms with E-state index in [2.05, 4.69) is 20.9 Å². The number of nitrogens with zero attached hydrogens (tertiary/aromatic N) is 1. The third-order valence-corrected chi connectivity index (χ3v) is 4.35. The zero-order valence-corrected chi connectivity index (χ0v) is 15.2. The Morgan fingerprint density at radius 1 is 1.00 bits per heavy atom. The van der Waals surface area contributed by atoms with Gasteiger partial charge in [-0.25, -0.2) is 4.39 Å². The fourth-order valence-corrected chi connectivity index (χ4v) is 3.05. The van der Waals surface area contributed by atoms with Gasteiger partial charge in [0.25, 0.3) is 0 Å². The molecule has 2 aromatic rings. The van der Waals surface area contributed by atoms with Gasteiger partial charge < -0.3 is 20.9 Å². The Morgan fingerprint density at radius 2 is 1.67 bits per heavy atom. The Kier molecular flexibility index (Phi) is 5.90. The molecule has 1 saturated heterocycles. The number of amides is 2. The van der Waals surface area contributed by atoms with Gasteiger partial charge in [-0.1, -0.05) is 0 Å². The van der Waals surface area contributed by atoms with Crippen LogP contribution in [0, 0.1) is 5.82 Å². The topological polar surface area (TPSA) is 73.5 Å². The minimum absolute atomic E-state index is 0.0890. The molecular weight excluding hydrogens is 347 g/mol. The molecule has 2 aromatic carbocycles. The smallest absolute Gasteiger partial charge is 0.243 e. The van der Waals surface area contributed by atoms with Crippen molar-refractivity contribution in [3.8, 4) is 0 Å². The molecule has 1 fully saturated rings. The van der Waals surface area contributed by atoms with Crippen LogP contribution >= 0.6 is 0 Å². The molecule has 0 spiro atoms. The second-order valence-electron chi connectivity index (χ2n) is 6.52. The monoisotopic (exact) mass is 370 g/mol. The van der Waals surface area contributed by atoms with Gasteiger partial charge in [0.05, 0.1) is 12.2 Å². The van der Waals surface area contributed by atoms with Gasteiger partial charge in [-0.2, -0.15) is 0 Å². The first kappa shape index (κ1) is 18.7. The molecule has 1 aliphatic rings. The van der Waals surface area contributed by atoms with Crippen molar-refractivity contribution in [2.75, 3.05) is 40.5 Å². The lowest BCUT2D eigenvalue weighted by molar-refractivity contribution is -0.115. The van der Waals surface area contributed by atoms with Crippen LogP contribution in [0.4, 0.5) is 27.1 Å². The minimum atomic E-state index is -0.494. The van der Waals surface area contributed by atoms with Crippen LogP contribution in [0.15, 0.2) is 42.5 Å². The summed E-state index contributed by atoms with van der Waals surface area (Å²) < 4.78 is 13.9. The van der Waals surface area contributed by atoms with Crippen LogP contribution in [-0.2, 0) is 9.59 Å². The van der Waals surface area contributed by atoms with Crippen molar-refractivity contribution in [1.82, 2.24) is 0 Å². The number of nitrogens with one attached hydrogen (secondary N) is 3. The molecule has 0 radical (unpaired) electrons. The lowest BCUT2D eigenvalue weighted by atomic mass is 10.2. The number of anilines is 4. The van der Waals surface area contributed by atoms with Gasteiger partial charge in [0, 0.05) is 37.1 Å². The van der Waals surface area contributed by atoms with E-state index in [0.717, 1.165) is 18.8 Å². The van der Waals surface area contributed by atoms with Gasteiger partial charge >= 0.3 is 0 Å². The number of hydrogen-bond acceptors (Lipinski definition) is 4. The lowest BCUT2D eigenvalue weighted by Crippen LogP contribution is -2.22. The van der Waals surface area contributed by atoms with E-state index in [0.29, 0.717) is 11.4 Å². The molecule has 6 nitrogen and oxygen atoms in total. The second kappa shape index (κ2) is 8.53. The number of carbonyl (C=O) groups excluding carboxylic acids is 2. The SMILES string of the molecule is CC(=O)Nc1ccc(F)c(NCC(=O)Nc2ccc(N3CCCC3)cc2)c1. The van der Waals surface area contributed by atoms with Crippen LogP contribution in [-0.4, -0.2) is 31.4 Å². The van der Waals surface area contributed by atoms with E-state index < -0.39 is 5.82 Å². The fourth-order valence-electron chi connectivity index (χ4n) is 3.05. The predicted octanol–water partition coefficient (Wildman–Crippen LogP) is 3.43. The van der Waals surface area contributed by atoms with E-state index in [4.69, 9.17) is 0 Å². The highest BCUT2D eigenvalue weighted by atomic mass is 19.1. The molecule has 0 unspecified atom stereocenters. The van der Waals surface area contributed by atoms with E-state index in [9.17, 15) is 14.0 Å². The summed E-state index contributed by atoms with van der Waals surface area (Å²) in [4.78, 5) is 25.5. The first-order valence-corrected chi connectivity index (χ1v) is 8.97. The summed E-state index contributed by atoms with van der Waals surface area (Å²) in [5.74, 6) is -1.03. The lowest BCUT2D eigenvalue weighted by Gasteiger charge is -2.17. The fraction of sp³-hybridized carbons (Fsp3) is 0.300. The summed E-state index contributed by atoms with van der Waals surface area (Å²) in [6.07, 6.45) is 2.42. The Hall–Kier alpha value is -3.09. The molecular formula is C20H23FN4O2. The maximum Gasteiger partial charge on any atom is 0.243 e. The third-order valence-electron chi connectivity index (χ3n) is 4.35.